The summed E-state index contributed by atoms with van der Waals surface area (Å²) < 4.78 is 7.40. The molecule has 1 amide bonds. The van der Waals surface area contributed by atoms with Gasteiger partial charge in [-0.25, -0.2) is 0 Å². The summed E-state index contributed by atoms with van der Waals surface area (Å²) in [5.41, 5.74) is 1.67. The number of para-hydroxylation sites is 1. The third kappa shape index (κ3) is 6.11. The molecule has 0 aliphatic carbocycles. The molecule has 0 spiro atoms. The minimum atomic E-state index is -0.580. The molecule has 156 valence electrons. The van der Waals surface area contributed by atoms with E-state index in [1.165, 1.54) is 6.08 Å². The number of nitrogens with zero attached hydrogens (tertiary/aromatic N) is 1. The van der Waals surface area contributed by atoms with Crippen LogP contribution in [0.15, 0.2) is 75.2 Å². The zero-order chi connectivity index (χ0) is 22.4. The number of rotatable bonds is 6. The van der Waals surface area contributed by atoms with Gasteiger partial charge in [-0.05, 0) is 52.3 Å². The fourth-order valence-electron chi connectivity index (χ4n) is 2.66. The fraction of sp³-hybridized carbons (Fsp3) is 0.0435. The summed E-state index contributed by atoms with van der Waals surface area (Å²) in [5.74, 6) is -0.106. The van der Waals surface area contributed by atoms with Crippen LogP contribution in [-0.2, 0) is 11.4 Å². The van der Waals surface area contributed by atoms with Gasteiger partial charge in [0.05, 0.1) is 15.2 Å². The molecule has 31 heavy (non-hydrogen) atoms. The first-order valence-corrected chi connectivity index (χ1v) is 11.3. The lowest BCUT2D eigenvalue weighted by Crippen LogP contribution is -2.13. The van der Waals surface area contributed by atoms with Crippen LogP contribution >= 0.6 is 55.1 Å². The first-order chi connectivity index (χ1) is 14.9. The molecule has 0 heterocycles. The Morgan fingerprint density at radius 3 is 2.42 bits per heavy atom. The van der Waals surface area contributed by atoms with E-state index >= 15 is 0 Å². The van der Waals surface area contributed by atoms with Gasteiger partial charge in [0.1, 0.15) is 24.0 Å². The van der Waals surface area contributed by atoms with Crippen molar-refractivity contribution in [1.82, 2.24) is 0 Å². The van der Waals surface area contributed by atoms with E-state index in [-0.39, 0.29) is 12.2 Å². The average Bonchev–Trinajstić information content (AvgIpc) is 2.74. The molecule has 3 aromatic carbocycles. The molecule has 0 bridgehead atoms. The number of anilines is 1. The van der Waals surface area contributed by atoms with Gasteiger partial charge in [0.25, 0.3) is 5.91 Å². The van der Waals surface area contributed by atoms with Crippen LogP contribution in [-0.4, -0.2) is 5.91 Å². The van der Waals surface area contributed by atoms with Crippen molar-refractivity contribution in [3.63, 3.8) is 0 Å². The molecular weight excluding hydrogens is 567 g/mol. The van der Waals surface area contributed by atoms with Crippen LogP contribution in [0.25, 0.3) is 6.08 Å². The van der Waals surface area contributed by atoms with Gasteiger partial charge in [0, 0.05) is 20.6 Å². The molecule has 0 aliphatic rings. The summed E-state index contributed by atoms with van der Waals surface area (Å²) in [6.07, 6.45) is 1.46. The number of halogens is 4. The quantitative estimate of drug-likeness (QED) is 0.241. The topological polar surface area (TPSA) is 62.1 Å². The number of amides is 1. The summed E-state index contributed by atoms with van der Waals surface area (Å²) in [7, 11) is 0. The number of nitriles is 1. The van der Waals surface area contributed by atoms with E-state index in [0.717, 1.165) is 10.0 Å². The van der Waals surface area contributed by atoms with Crippen molar-refractivity contribution in [2.24, 2.45) is 0 Å². The molecule has 1 N–H and O–H groups in total. The number of carbonyl (C=O) groups is 1. The smallest absolute Gasteiger partial charge is 0.266 e. The molecule has 0 saturated heterocycles. The normalized spacial score (nSPS) is 11.0. The summed E-state index contributed by atoms with van der Waals surface area (Å²) in [4.78, 5) is 12.7. The average molecular weight is 581 g/mol. The summed E-state index contributed by atoms with van der Waals surface area (Å²) in [6, 6.07) is 19.7. The van der Waals surface area contributed by atoms with Gasteiger partial charge in [-0.1, -0.05) is 69.5 Å². The molecule has 0 saturated carbocycles. The number of hydrogen-bond donors (Lipinski definition) is 1. The first kappa shape index (κ1) is 23.4. The molecule has 3 rings (SSSR count). The Kier molecular flexibility index (Phi) is 8.16. The molecule has 8 heteroatoms. The van der Waals surface area contributed by atoms with Gasteiger partial charge in [-0.15, -0.1) is 0 Å². The molecule has 3 aromatic rings. The lowest BCUT2D eigenvalue weighted by Gasteiger charge is -2.13. The second kappa shape index (κ2) is 10.8. The van der Waals surface area contributed by atoms with Gasteiger partial charge < -0.3 is 10.1 Å². The number of ether oxygens (including phenoxy) is 1. The predicted octanol–water partition coefficient (Wildman–Crippen LogP) is 7.64. The summed E-state index contributed by atoms with van der Waals surface area (Å²) in [6.45, 7) is 0.217. The van der Waals surface area contributed by atoms with Crippen LogP contribution in [0.4, 0.5) is 5.69 Å². The SMILES string of the molecule is N#C/C(=C\c1cc(Br)cc(Br)c1OCc1ccccc1Cl)C(=O)Nc1ccccc1Cl. The van der Waals surface area contributed by atoms with Gasteiger partial charge in [-0.3, -0.25) is 4.79 Å². The Morgan fingerprint density at radius 2 is 1.74 bits per heavy atom. The van der Waals surface area contributed by atoms with Crippen LogP contribution in [0.2, 0.25) is 10.0 Å². The van der Waals surface area contributed by atoms with Crippen molar-refractivity contribution in [3.05, 3.63) is 96.4 Å². The van der Waals surface area contributed by atoms with E-state index in [0.29, 0.717) is 31.5 Å². The second-order valence-electron chi connectivity index (χ2n) is 6.29. The minimum Gasteiger partial charge on any atom is -0.487 e. The lowest BCUT2D eigenvalue weighted by molar-refractivity contribution is -0.112. The van der Waals surface area contributed by atoms with Crippen molar-refractivity contribution in [2.75, 3.05) is 5.32 Å². The largest absolute Gasteiger partial charge is 0.487 e. The monoisotopic (exact) mass is 578 g/mol. The molecule has 0 aromatic heterocycles. The highest BCUT2D eigenvalue weighted by Crippen LogP contribution is 2.35. The molecular formula is C23H14Br2Cl2N2O2. The standard InChI is InChI=1S/C23H14Br2Cl2N2O2/c24-17-10-15(9-16(12-28)23(30)29-21-8-4-3-7-20(21)27)22(18(25)11-17)31-13-14-5-1-2-6-19(14)26/h1-11H,13H2,(H,29,30)/b16-9+. The molecule has 0 radical (unpaired) electrons. The van der Waals surface area contributed by atoms with Crippen molar-refractivity contribution in [3.8, 4) is 11.8 Å². The van der Waals surface area contributed by atoms with Gasteiger partial charge in [-0.2, -0.15) is 5.26 Å². The maximum Gasteiger partial charge on any atom is 0.266 e. The number of carbonyl (C=O) groups excluding carboxylic acids is 1. The van der Waals surface area contributed by atoms with Crippen molar-refractivity contribution in [1.29, 1.82) is 5.26 Å². The van der Waals surface area contributed by atoms with E-state index in [4.69, 9.17) is 27.9 Å². The van der Waals surface area contributed by atoms with Crippen molar-refractivity contribution in [2.45, 2.75) is 6.61 Å². The Bertz CT molecular complexity index is 1210. The molecule has 0 fully saturated rings. The highest BCUT2D eigenvalue weighted by molar-refractivity contribution is 9.11. The highest BCUT2D eigenvalue weighted by atomic mass is 79.9. The Hall–Kier alpha value is -2.30. The van der Waals surface area contributed by atoms with E-state index in [1.807, 2.05) is 30.3 Å². The minimum absolute atomic E-state index is 0.104. The zero-order valence-electron chi connectivity index (χ0n) is 15.8. The third-order valence-electron chi connectivity index (χ3n) is 4.15. The molecule has 0 aliphatic heterocycles. The van der Waals surface area contributed by atoms with Crippen molar-refractivity contribution >= 4 is 72.7 Å². The lowest BCUT2D eigenvalue weighted by atomic mass is 10.1. The van der Waals surface area contributed by atoms with Crippen LogP contribution < -0.4 is 10.1 Å². The number of nitrogens with one attached hydrogen (secondary N) is 1. The molecule has 0 atom stereocenters. The Labute approximate surface area is 206 Å². The van der Waals surface area contributed by atoms with E-state index in [9.17, 15) is 10.1 Å². The van der Waals surface area contributed by atoms with E-state index in [1.54, 1.807) is 36.4 Å². The fourth-order valence-corrected chi connectivity index (χ4v) is 4.41. The molecule has 0 unspecified atom stereocenters. The predicted molar refractivity (Wildman–Crippen MR) is 131 cm³/mol. The summed E-state index contributed by atoms with van der Waals surface area (Å²) in [5, 5.41) is 13.2. The number of benzene rings is 3. The van der Waals surface area contributed by atoms with Crippen LogP contribution in [0.1, 0.15) is 11.1 Å². The maximum absolute atomic E-state index is 12.7. The Balaban J connectivity index is 1.92. The van der Waals surface area contributed by atoms with Crippen LogP contribution in [0.3, 0.4) is 0 Å². The molecule has 4 nitrogen and oxygen atoms in total. The van der Waals surface area contributed by atoms with E-state index < -0.39 is 5.91 Å². The third-order valence-corrected chi connectivity index (χ3v) is 5.90. The summed E-state index contributed by atoms with van der Waals surface area (Å²) >= 11 is 19.2. The van der Waals surface area contributed by atoms with E-state index in [2.05, 4.69) is 37.2 Å². The van der Waals surface area contributed by atoms with Gasteiger partial charge >= 0.3 is 0 Å². The van der Waals surface area contributed by atoms with Crippen molar-refractivity contribution < 1.29 is 9.53 Å². The van der Waals surface area contributed by atoms with Crippen LogP contribution in [0.5, 0.6) is 5.75 Å². The van der Waals surface area contributed by atoms with Crippen LogP contribution in [0, 0.1) is 11.3 Å². The number of hydrogen-bond acceptors (Lipinski definition) is 3. The van der Waals surface area contributed by atoms with Gasteiger partial charge in [0.2, 0.25) is 0 Å². The highest BCUT2D eigenvalue weighted by Gasteiger charge is 2.15. The first-order valence-electron chi connectivity index (χ1n) is 8.92. The second-order valence-corrected chi connectivity index (χ2v) is 8.87. The Morgan fingerprint density at radius 1 is 1.06 bits per heavy atom. The maximum atomic E-state index is 12.7. The zero-order valence-corrected chi connectivity index (χ0v) is 20.5. The van der Waals surface area contributed by atoms with Gasteiger partial charge in [0.15, 0.2) is 0 Å².